The number of amides is 1. The van der Waals surface area contributed by atoms with Crippen molar-refractivity contribution in [1.29, 1.82) is 0 Å². The molecule has 5 aromatic rings. The predicted molar refractivity (Wildman–Crippen MR) is 144 cm³/mol. The smallest absolute Gasteiger partial charge is 0.272 e. The maximum atomic E-state index is 13.3. The third-order valence-corrected chi connectivity index (χ3v) is 6.37. The first-order valence-corrected chi connectivity index (χ1v) is 11.9. The van der Waals surface area contributed by atoms with Crippen molar-refractivity contribution in [1.82, 2.24) is 15.0 Å². The average molecular weight is 461 g/mol. The van der Waals surface area contributed by atoms with E-state index in [-0.39, 0.29) is 5.91 Å². The highest BCUT2D eigenvalue weighted by Crippen LogP contribution is 2.27. The molecule has 174 valence electrons. The summed E-state index contributed by atoms with van der Waals surface area (Å²) in [5.74, 6) is -0.261. The number of hydrogen-bond acceptors (Lipinski definition) is 3. The first-order valence-electron chi connectivity index (χ1n) is 11.9. The van der Waals surface area contributed by atoms with E-state index in [2.05, 4.69) is 54.1 Å². The fourth-order valence-corrected chi connectivity index (χ4v) is 4.63. The number of hydrogen-bond donors (Lipinski definition) is 1. The molecule has 0 aliphatic carbocycles. The van der Waals surface area contributed by atoms with Gasteiger partial charge in [-0.15, -0.1) is 0 Å². The van der Waals surface area contributed by atoms with Crippen LogP contribution < -0.4 is 5.43 Å². The Bertz CT molecular complexity index is 1560. The number of hydrazone groups is 1. The van der Waals surface area contributed by atoms with Crippen molar-refractivity contribution in [3.63, 3.8) is 0 Å². The quantitative estimate of drug-likeness (QED) is 0.228. The summed E-state index contributed by atoms with van der Waals surface area (Å²) < 4.78 is 2.32. The summed E-state index contributed by atoms with van der Waals surface area (Å²) in [4.78, 5) is 18.1. The highest BCUT2D eigenvalue weighted by Gasteiger charge is 2.15. The van der Waals surface area contributed by atoms with E-state index < -0.39 is 0 Å². The molecule has 0 aliphatic rings. The number of carbonyl (C=O) groups excluding carboxylic acids is 1. The Balaban J connectivity index is 1.50. The molecule has 0 atom stereocenters. The van der Waals surface area contributed by atoms with Gasteiger partial charge in [-0.2, -0.15) is 5.10 Å². The van der Waals surface area contributed by atoms with Crippen molar-refractivity contribution in [2.75, 3.05) is 0 Å². The second kappa shape index (κ2) is 9.55. The Kier molecular flexibility index (Phi) is 6.15. The molecular weight excluding hydrogens is 432 g/mol. The SMILES string of the molecule is CCCn1c(C)c(/C=N/NC(=O)c2cc(-c3ccccc3)nc3ccccc23)c2cc(C)ccc21. The molecule has 5 heteroatoms. The molecule has 0 unspecified atom stereocenters. The molecule has 0 aliphatic heterocycles. The molecule has 0 spiro atoms. The number of pyridine rings is 1. The summed E-state index contributed by atoms with van der Waals surface area (Å²) in [6, 6.07) is 25.9. The van der Waals surface area contributed by atoms with Crippen molar-refractivity contribution in [2.24, 2.45) is 5.10 Å². The Morgan fingerprint density at radius 2 is 1.74 bits per heavy atom. The van der Waals surface area contributed by atoms with Gasteiger partial charge in [0.2, 0.25) is 0 Å². The van der Waals surface area contributed by atoms with E-state index >= 15 is 0 Å². The van der Waals surface area contributed by atoms with Gasteiger partial charge < -0.3 is 4.57 Å². The largest absolute Gasteiger partial charge is 0.344 e. The monoisotopic (exact) mass is 460 g/mol. The summed E-state index contributed by atoms with van der Waals surface area (Å²) in [6.45, 7) is 7.32. The molecule has 1 N–H and O–H groups in total. The molecule has 1 amide bonds. The van der Waals surface area contributed by atoms with Gasteiger partial charge in [-0.25, -0.2) is 10.4 Å². The van der Waals surface area contributed by atoms with E-state index in [9.17, 15) is 4.79 Å². The number of benzene rings is 3. The normalized spacial score (nSPS) is 11.5. The van der Waals surface area contributed by atoms with Crippen LogP contribution in [-0.2, 0) is 6.54 Å². The van der Waals surface area contributed by atoms with Crippen molar-refractivity contribution in [2.45, 2.75) is 33.7 Å². The molecule has 5 rings (SSSR count). The van der Waals surface area contributed by atoms with Crippen LogP contribution >= 0.6 is 0 Å². The fourth-order valence-electron chi connectivity index (χ4n) is 4.63. The van der Waals surface area contributed by atoms with Crippen LogP contribution in [0.15, 0.2) is 84.0 Å². The van der Waals surface area contributed by atoms with Gasteiger partial charge in [0, 0.05) is 39.7 Å². The van der Waals surface area contributed by atoms with Crippen molar-refractivity contribution < 1.29 is 4.79 Å². The van der Waals surface area contributed by atoms with Gasteiger partial charge in [-0.1, -0.05) is 67.1 Å². The molecular formula is C30H28N4O. The number of para-hydroxylation sites is 1. The molecule has 2 aromatic heterocycles. The summed E-state index contributed by atoms with van der Waals surface area (Å²) in [6.07, 6.45) is 2.81. The number of aryl methyl sites for hydroxylation is 2. The molecule has 0 saturated heterocycles. The number of nitrogens with one attached hydrogen (secondary N) is 1. The molecule has 0 bridgehead atoms. The van der Waals surface area contributed by atoms with Crippen LogP contribution in [0.4, 0.5) is 0 Å². The van der Waals surface area contributed by atoms with Crippen LogP contribution in [0.25, 0.3) is 33.1 Å². The van der Waals surface area contributed by atoms with E-state index in [1.54, 1.807) is 6.21 Å². The minimum Gasteiger partial charge on any atom is -0.344 e. The third-order valence-electron chi connectivity index (χ3n) is 6.37. The third kappa shape index (κ3) is 4.33. The van der Waals surface area contributed by atoms with E-state index in [1.165, 1.54) is 11.1 Å². The van der Waals surface area contributed by atoms with Crippen LogP contribution in [-0.4, -0.2) is 21.7 Å². The lowest BCUT2D eigenvalue weighted by atomic mass is 10.0. The van der Waals surface area contributed by atoms with E-state index in [0.717, 1.165) is 51.8 Å². The van der Waals surface area contributed by atoms with E-state index in [0.29, 0.717) is 5.56 Å². The van der Waals surface area contributed by atoms with Gasteiger partial charge in [0.25, 0.3) is 5.91 Å². The maximum absolute atomic E-state index is 13.3. The number of nitrogens with zero attached hydrogens (tertiary/aromatic N) is 3. The molecule has 5 nitrogen and oxygen atoms in total. The topological polar surface area (TPSA) is 59.3 Å². The van der Waals surface area contributed by atoms with Crippen molar-refractivity contribution in [3.05, 3.63) is 101 Å². The standard InChI is InChI=1S/C30H28N4O/c1-4-16-34-21(3)26(24-17-20(2)14-15-29(24)34)19-31-33-30(35)25-18-28(22-10-6-5-7-11-22)32-27-13-9-8-12-23(25)27/h5-15,17-19H,4,16H2,1-3H3,(H,33,35)/b31-19+. The maximum Gasteiger partial charge on any atom is 0.272 e. The Labute approximate surface area is 205 Å². The van der Waals surface area contributed by atoms with Gasteiger partial charge in [-0.05, 0) is 44.5 Å². The highest BCUT2D eigenvalue weighted by molar-refractivity contribution is 6.08. The van der Waals surface area contributed by atoms with Gasteiger partial charge in [0.15, 0.2) is 0 Å². The molecule has 2 heterocycles. The number of rotatable bonds is 6. The van der Waals surface area contributed by atoms with Gasteiger partial charge in [-0.3, -0.25) is 4.79 Å². The fraction of sp³-hybridized carbons (Fsp3) is 0.167. The van der Waals surface area contributed by atoms with Gasteiger partial charge >= 0.3 is 0 Å². The lowest BCUT2D eigenvalue weighted by Crippen LogP contribution is -2.18. The van der Waals surface area contributed by atoms with Crippen LogP contribution in [0.1, 0.15) is 40.5 Å². The Morgan fingerprint density at radius 3 is 2.54 bits per heavy atom. The Hall–Kier alpha value is -4.25. The number of aromatic nitrogens is 2. The first kappa shape index (κ1) is 22.5. The molecule has 35 heavy (non-hydrogen) atoms. The lowest BCUT2D eigenvalue weighted by molar-refractivity contribution is 0.0956. The molecule has 0 fully saturated rings. The lowest BCUT2D eigenvalue weighted by Gasteiger charge is -2.09. The first-order chi connectivity index (χ1) is 17.1. The average Bonchev–Trinajstić information content (AvgIpc) is 3.14. The summed E-state index contributed by atoms with van der Waals surface area (Å²) >= 11 is 0. The highest BCUT2D eigenvalue weighted by atomic mass is 16.2. The van der Waals surface area contributed by atoms with E-state index in [1.807, 2.05) is 60.7 Å². The summed E-state index contributed by atoms with van der Waals surface area (Å²) in [5.41, 5.74) is 10.4. The van der Waals surface area contributed by atoms with Crippen molar-refractivity contribution >= 4 is 33.9 Å². The van der Waals surface area contributed by atoms with Crippen LogP contribution in [0.3, 0.4) is 0 Å². The number of carbonyl (C=O) groups is 1. The molecule has 0 saturated carbocycles. The summed E-state index contributed by atoms with van der Waals surface area (Å²) in [5, 5.41) is 6.33. The molecule has 3 aromatic carbocycles. The minimum atomic E-state index is -0.261. The van der Waals surface area contributed by atoms with Crippen molar-refractivity contribution in [3.8, 4) is 11.3 Å². The van der Waals surface area contributed by atoms with E-state index in [4.69, 9.17) is 4.98 Å². The van der Waals surface area contributed by atoms with Crippen LogP contribution in [0.5, 0.6) is 0 Å². The predicted octanol–water partition coefficient (Wildman–Crippen LogP) is 6.65. The zero-order chi connectivity index (χ0) is 24.4. The van der Waals surface area contributed by atoms with Crippen LogP contribution in [0, 0.1) is 13.8 Å². The van der Waals surface area contributed by atoms with Gasteiger partial charge in [0.1, 0.15) is 0 Å². The Morgan fingerprint density at radius 1 is 0.971 bits per heavy atom. The second-order valence-corrected chi connectivity index (χ2v) is 8.81. The van der Waals surface area contributed by atoms with Gasteiger partial charge in [0.05, 0.1) is 23.0 Å². The van der Waals surface area contributed by atoms with Crippen LogP contribution in [0.2, 0.25) is 0 Å². The minimum absolute atomic E-state index is 0.261. The number of fused-ring (bicyclic) bond motifs is 2. The summed E-state index contributed by atoms with van der Waals surface area (Å²) in [7, 11) is 0. The molecule has 0 radical (unpaired) electrons. The zero-order valence-electron chi connectivity index (χ0n) is 20.2. The zero-order valence-corrected chi connectivity index (χ0v) is 20.2. The second-order valence-electron chi connectivity index (χ2n) is 8.81.